The van der Waals surface area contributed by atoms with E-state index in [0.29, 0.717) is 31.7 Å². The van der Waals surface area contributed by atoms with Crippen LogP contribution < -0.4 is 10.2 Å². The van der Waals surface area contributed by atoms with Crippen LogP contribution in [0, 0.1) is 0 Å². The first-order valence-corrected chi connectivity index (χ1v) is 5.91. The quantitative estimate of drug-likeness (QED) is 0.751. The van der Waals surface area contributed by atoms with Crippen LogP contribution in [0.25, 0.3) is 0 Å². The van der Waals surface area contributed by atoms with Gasteiger partial charge < -0.3 is 24.2 Å². The third-order valence-corrected chi connectivity index (χ3v) is 2.94. The molecule has 0 aliphatic carbocycles. The Bertz CT molecular complexity index is 326. The van der Waals surface area contributed by atoms with Crippen molar-refractivity contribution in [3.05, 3.63) is 5.89 Å². The number of rotatable bonds is 2. The summed E-state index contributed by atoms with van der Waals surface area (Å²) in [6.07, 6.45) is 0. The number of aromatic nitrogens is 2. The van der Waals surface area contributed by atoms with E-state index in [0.717, 1.165) is 26.2 Å². The Labute approximate surface area is 99.1 Å². The van der Waals surface area contributed by atoms with Crippen molar-refractivity contribution in [3.8, 4) is 0 Å². The van der Waals surface area contributed by atoms with Crippen molar-refractivity contribution in [2.24, 2.45) is 0 Å². The molecule has 3 rings (SSSR count). The van der Waals surface area contributed by atoms with E-state index in [-0.39, 0.29) is 6.04 Å². The van der Waals surface area contributed by atoms with Gasteiger partial charge in [0.15, 0.2) is 0 Å². The van der Waals surface area contributed by atoms with Crippen LogP contribution >= 0.6 is 0 Å². The first kappa shape index (κ1) is 10.9. The van der Waals surface area contributed by atoms with Crippen molar-refractivity contribution in [2.75, 3.05) is 51.0 Å². The number of hydrogen-bond acceptors (Lipinski definition) is 7. The summed E-state index contributed by atoms with van der Waals surface area (Å²) in [5.41, 5.74) is 0. The van der Waals surface area contributed by atoms with Crippen LogP contribution in [0.2, 0.25) is 0 Å². The topological polar surface area (TPSA) is 72.7 Å². The van der Waals surface area contributed by atoms with Crippen molar-refractivity contribution >= 4 is 5.95 Å². The first-order valence-electron chi connectivity index (χ1n) is 5.91. The number of morpholine rings is 2. The monoisotopic (exact) mass is 240 g/mol. The molecule has 7 heteroatoms. The molecule has 17 heavy (non-hydrogen) atoms. The lowest BCUT2D eigenvalue weighted by molar-refractivity contribution is 0.0659. The molecule has 1 aromatic heterocycles. The molecule has 0 amide bonds. The van der Waals surface area contributed by atoms with Crippen LogP contribution in [0.3, 0.4) is 0 Å². The Balaban J connectivity index is 1.68. The summed E-state index contributed by atoms with van der Waals surface area (Å²) in [6.45, 7) is 5.20. The van der Waals surface area contributed by atoms with E-state index in [2.05, 4.69) is 20.4 Å². The van der Waals surface area contributed by atoms with E-state index >= 15 is 0 Å². The van der Waals surface area contributed by atoms with E-state index in [9.17, 15) is 0 Å². The van der Waals surface area contributed by atoms with Gasteiger partial charge in [0.2, 0.25) is 5.89 Å². The molecule has 2 fully saturated rings. The smallest absolute Gasteiger partial charge is 0.266 e. The predicted molar refractivity (Wildman–Crippen MR) is 58.9 cm³/mol. The van der Waals surface area contributed by atoms with Gasteiger partial charge in [-0.2, -0.15) is 4.98 Å². The summed E-state index contributed by atoms with van der Waals surface area (Å²) in [5, 5.41) is 7.29. The number of anilines is 1. The third kappa shape index (κ3) is 2.41. The van der Waals surface area contributed by atoms with E-state index in [1.807, 2.05) is 0 Å². The van der Waals surface area contributed by atoms with Crippen molar-refractivity contribution < 1.29 is 14.0 Å². The largest absolute Gasteiger partial charge is 0.378 e. The highest BCUT2D eigenvalue weighted by Crippen LogP contribution is 2.17. The molecule has 2 saturated heterocycles. The Kier molecular flexibility index (Phi) is 3.21. The van der Waals surface area contributed by atoms with E-state index in [1.165, 1.54) is 0 Å². The maximum absolute atomic E-state index is 5.37. The lowest BCUT2D eigenvalue weighted by atomic mass is 10.3. The van der Waals surface area contributed by atoms with Gasteiger partial charge in [-0.05, 0) is 5.16 Å². The minimum atomic E-state index is 0.0195. The molecule has 7 nitrogen and oxygen atoms in total. The minimum Gasteiger partial charge on any atom is -0.378 e. The summed E-state index contributed by atoms with van der Waals surface area (Å²) < 4.78 is 15.9. The molecule has 1 atom stereocenters. The van der Waals surface area contributed by atoms with Crippen molar-refractivity contribution in [1.29, 1.82) is 0 Å². The molecule has 94 valence electrons. The fraction of sp³-hybridized carbons (Fsp3) is 0.800. The molecular weight excluding hydrogens is 224 g/mol. The van der Waals surface area contributed by atoms with Gasteiger partial charge in [-0.1, -0.05) is 0 Å². The standard InChI is InChI=1S/C10H16N4O3/c1-4-16-7-8(11-1)9-12-10(13-17-9)14-2-5-15-6-3-14/h8,11H,1-7H2. The average molecular weight is 240 g/mol. The highest BCUT2D eigenvalue weighted by Gasteiger charge is 2.24. The lowest BCUT2D eigenvalue weighted by Crippen LogP contribution is -2.37. The van der Waals surface area contributed by atoms with E-state index in [4.69, 9.17) is 14.0 Å². The van der Waals surface area contributed by atoms with Gasteiger partial charge in [0, 0.05) is 19.6 Å². The molecule has 2 aliphatic heterocycles. The zero-order valence-corrected chi connectivity index (χ0v) is 9.59. The van der Waals surface area contributed by atoms with Crippen LogP contribution in [-0.2, 0) is 9.47 Å². The zero-order valence-electron chi connectivity index (χ0n) is 9.59. The highest BCUT2D eigenvalue weighted by molar-refractivity contribution is 5.28. The molecular formula is C10H16N4O3. The van der Waals surface area contributed by atoms with Crippen molar-refractivity contribution in [3.63, 3.8) is 0 Å². The van der Waals surface area contributed by atoms with Gasteiger partial charge in [0.25, 0.3) is 5.95 Å². The van der Waals surface area contributed by atoms with E-state index < -0.39 is 0 Å². The maximum atomic E-state index is 5.37. The zero-order chi connectivity index (χ0) is 11.5. The normalized spacial score (nSPS) is 26.1. The fourth-order valence-electron chi connectivity index (χ4n) is 1.98. The van der Waals surface area contributed by atoms with Gasteiger partial charge in [-0.15, -0.1) is 0 Å². The third-order valence-electron chi connectivity index (χ3n) is 2.94. The molecule has 2 aliphatic rings. The molecule has 0 spiro atoms. The molecule has 0 bridgehead atoms. The van der Waals surface area contributed by atoms with Crippen LogP contribution in [0.5, 0.6) is 0 Å². The Hall–Kier alpha value is -1.18. The second-order valence-electron chi connectivity index (χ2n) is 4.11. The second kappa shape index (κ2) is 4.99. The van der Waals surface area contributed by atoms with Crippen LogP contribution in [0.15, 0.2) is 4.52 Å². The number of ether oxygens (including phenoxy) is 2. The Morgan fingerprint density at radius 3 is 2.82 bits per heavy atom. The summed E-state index contributed by atoms with van der Waals surface area (Å²) in [4.78, 5) is 6.48. The molecule has 0 saturated carbocycles. The van der Waals surface area contributed by atoms with Crippen LogP contribution in [-0.4, -0.2) is 56.2 Å². The number of hydrogen-bond donors (Lipinski definition) is 1. The summed E-state index contributed by atoms with van der Waals surface area (Å²) in [7, 11) is 0. The maximum Gasteiger partial charge on any atom is 0.266 e. The van der Waals surface area contributed by atoms with Gasteiger partial charge >= 0.3 is 0 Å². The van der Waals surface area contributed by atoms with Crippen molar-refractivity contribution in [2.45, 2.75) is 6.04 Å². The fourth-order valence-corrected chi connectivity index (χ4v) is 1.98. The molecule has 0 radical (unpaired) electrons. The van der Waals surface area contributed by atoms with Gasteiger partial charge in [0.1, 0.15) is 6.04 Å². The van der Waals surface area contributed by atoms with Crippen LogP contribution in [0.4, 0.5) is 5.95 Å². The first-order chi connectivity index (χ1) is 8.43. The average Bonchev–Trinajstić information content (AvgIpc) is 2.90. The number of nitrogens with zero attached hydrogens (tertiary/aromatic N) is 3. The second-order valence-corrected chi connectivity index (χ2v) is 4.11. The highest BCUT2D eigenvalue weighted by atomic mass is 16.5. The SMILES string of the molecule is C1COCC(c2nc(N3CCOCC3)no2)N1. The summed E-state index contributed by atoms with van der Waals surface area (Å²) >= 11 is 0. The van der Waals surface area contributed by atoms with Crippen molar-refractivity contribution in [1.82, 2.24) is 15.5 Å². The Morgan fingerprint density at radius 2 is 2.06 bits per heavy atom. The van der Waals surface area contributed by atoms with Gasteiger partial charge in [0.05, 0.1) is 26.4 Å². The predicted octanol–water partition coefficient (Wildman–Crippen LogP) is -0.433. The Morgan fingerprint density at radius 1 is 1.18 bits per heavy atom. The minimum absolute atomic E-state index is 0.0195. The summed E-state index contributed by atoms with van der Waals surface area (Å²) in [6, 6.07) is 0.0195. The molecule has 1 aromatic rings. The molecule has 0 aromatic carbocycles. The number of nitrogens with one attached hydrogen (secondary N) is 1. The summed E-state index contributed by atoms with van der Waals surface area (Å²) in [5.74, 6) is 1.25. The van der Waals surface area contributed by atoms with Gasteiger partial charge in [-0.3, -0.25) is 0 Å². The van der Waals surface area contributed by atoms with Gasteiger partial charge in [-0.25, -0.2) is 0 Å². The molecule has 3 heterocycles. The van der Waals surface area contributed by atoms with E-state index in [1.54, 1.807) is 0 Å². The van der Waals surface area contributed by atoms with Crippen LogP contribution in [0.1, 0.15) is 11.9 Å². The lowest BCUT2D eigenvalue weighted by Gasteiger charge is -2.24. The molecule has 1 unspecified atom stereocenters. The molecule has 1 N–H and O–H groups in total.